The van der Waals surface area contributed by atoms with Crippen LogP contribution in [0, 0.1) is 23.0 Å². The van der Waals surface area contributed by atoms with Crippen LogP contribution in [-0.2, 0) is 16.2 Å². The predicted molar refractivity (Wildman–Crippen MR) is 98.5 cm³/mol. The number of halogens is 6. The summed E-state index contributed by atoms with van der Waals surface area (Å²) in [4.78, 5) is 0.698. The standard InChI is InChI=1S/C18H13ClF5N3O2S/c19-14-2-1-12(9-13(14)18(22,23)24)30(28,29)27-5-3-26(4-6-27)17-15(20)7-11(10-25)8-16(17)21/h1-2,7-9H,3-6H2. The van der Waals surface area contributed by atoms with Gasteiger partial charge >= 0.3 is 6.18 Å². The second kappa shape index (κ2) is 8.02. The summed E-state index contributed by atoms with van der Waals surface area (Å²) in [7, 11) is -4.28. The minimum Gasteiger partial charge on any atom is -0.364 e. The van der Waals surface area contributed by atoms with E-state index in [1.165, 1.54) is 4.90 Å². The first kappa shape index (κ1) is 22.3. The van der Waals surface area contributed by atoms with Gasteiger partial charge in [0.2, 0.25) is 10.0 Å². The lowest BCUT2D eigenvalue weighted by Gasteiger charge is -2.35. The first-order valence-electron chi connectivity index (χ1n) is 8.46. The molecule has 0 bridgehead atoms. The van der Waals surface area contributed by atoms with Crippen LogP contribution in [0.3, 0.4) is 0 Å². The number of anilines is 1. The van der Waals surface area contributed by atoms with Gasteiger partial charge in [-0.3, -0.25) is 0 Å². The lowest BCUT2D eigenvalue weighted by Crippen LogP contribution is -2.49. The van der Waals surface area contributed by atoms with Gasteiger partial charge < -0.3 is 4.90 Å². The van der Waals surface area contributed by atoms with E-state index in [1.54, 1.807) is 6.07 Å². The van der Waals surface area contributed by atoms with Crippen molar-refractivity contribution in [3.63, 3.8) is 0 Å². The summed E-state index contributed by atoms with van der Waals surface area (Å²) in [5, 5.41) is 8.13. The lowest BCUT2D eigenvalue weighted by molar-refractivity contribution is -0.137. The molecule has 0 spiro atoms. The van der Waals surface area contributed by atoms with Gasteiger partial charge in [0, 0.05) is 26.2 Å². The number of piperazine rings is 1. The van der Waals surface area contributed by atoms with Crippen LogP contribution in [0.25, 0.3) is 0 Å². The van der Waals surface area contributed by atoms with Crippen LogP contribution in [0.5, 0.6) is 0 Å². The van der Waals surface area contributed by atoms with Crippen LogP contribution in [0.1, 0.15) is 11.1 Å². The highest BCUT2D eigenvalue weighted by Gasteiger charge is 2.36. The van der Waals surface area contributed by atoms with Crippen LogP contribution in [0.15, 0.2) is 35.2 Å². The zero-order valence-corrected chi connectivity index (χ0v) is 16.6. The fourth-order valence-electron chi connectivity index (χ4n) is 3.12. The third-order valence-electron chi connectivity index (χ3n) is 4.58. The maximum atomic E-state index is 14.2. The van der Waals surface area contributed by atoms with Crippen molar-refractivity contribution in [3.05, 3.63) is 58.1 Å². The molecule has 1 saturated heterocycles. The molecular weight excluding hydrogens is 453 g/mol. The van der Waals surface area contributed by atoms with Crippen LogP contribution in [-0.4, -0.2) is 38.9 Å². The Labute approximate surface area is 173 Å². The van der Waals surface area contributed by atoms with Gasteiger partial charge in [-0.05, 0) is 30.3 Å². The maximum absolute atomic E-state index is 14.2. The summed E-state index contributed by atoms with van der Waals surface area (Å²) >= 11 is 5.53. The topological polar surface area (TPSA) is 64.4 Å². The quantitative estimate of drug-likeness (QED) is 0.642. The van der Waals surface area contributed by atoms with E-state index in [0.29, 0.717) is 6.07 Å². The summed E-state index contributed by atoms with van der Waals surface area (Å²) in [6, 6.07) is 5.66. The molecule has 0 atom stereocenters. The number of alkyl halides is 3. The molecule has 5 nitrogen and oxygen atoms in total. The number of rotatable bonds is 3. The van der Waals surface area contributed by atoms with Crippen molar-refractivity contribution in [1.82, 2.24) is 4.31 Å². The molecule has 1 aliphatic rings. The molecule has 0 unspecified atom stereocenters. The molecule has 0 amide bonds. The summed E-state index contributed by atoms with van der Waals surface area (Å²) in [5.41, 5.74) is -1.86. The van der Waals surface area contributed by atoms with E-state index in [0.717, 1.165) is 28.6 Å². The minimum absolute atomic E-state index is 0.0985. The lowest BCUT2D eigenvalue weighted by atomic mass is 10.1. The first-order chi connectivity index (χ1) is 13.9. The van der Waals surface area contributed by atoms with Crippen LogP contribution < -0.4 is 4.90 Å². The van der Waals surface area contributed by atoms with Crippen LogP contribution in [0.4, 0.5) is 27.6 Å². The average Bonchev–Trinajstić information content (AvgIpc) is 2.67. The van der Waals surface area contributed by atoms with Gasteiger partial charge in [0.05, 0.1) is 27.1 Å². The number of benzene rings is 2. The number of nitriles is 1. The monoisotopic (exact) mass is 465 g/mol. The van der Waals surface area contributed by atoms with E-state index < -0.39 is 49.0 Å². The molecule has 1 fully saturated rings. The number of sulfonamides is 1. The van der Waals surface area contributed by atoms with Crippen molar-refractivity contribution < 1.29 is 30.4 Å². The molecule has 2 aromatic carbocycles. The van der Waals surface area contributed by atoms with E-state index in [4.69, 9.17) is 16.9 Å². The average molecular weight is 466 g/mol. The molecule has 160 valence electrons. The summed E-state index contributed by atoms with van der Waals surface area (Å²) < 4.78 is 93.9. The summed E-state index contributed by atoms with van der Waals surface area (Å²) in [5.74, 6) is -1.93. The predicted octanol–water partition coefficient (Wildman–Crippen LogP) is 4.02. The van der Waals surface area contributed by atoms with Gasteiger partial charge in [-0.25, -0.2) is 17.2 Å². The summed E-state index contributed by atoms with van der Waals surface area (Å²) in [6.07, 6.45) is -4.83. The highest BCUT2D eigenvalue weighted by atomic mass is 35.5. The minimum atomic E-state index is -4.83. The van der Waals surface area contributed by atoms with Crippen LogP contribution in [0.2, 0.25) is 5.02 Å². The Kier molecular flexibility index (Phi) is 5.95. The fraction of sp³-hybridized carbons (Fsp3) is 0.278. The fourth-order valence-corrected chi connectivity index (χ4v) is 4.79. The maximum Gasteiger partial charge on any atom is 0.417 e. The molecule has 3 rings (SSSR count). The van der Waals surface area contributed by atoms with Gasteiger partial charge in [-0.15, -0.1) is 0 Å². The Morgan fingerprint density at radius 3 is 2.07 bits per heavy atom. The van der Waals surface area contributed by atoms with Crippen molar-refractivity contribution in [2.24, 2.45) is 0 Å². The molecule has 0 radical (unpaired) electrons. The van der Waals surface area contributed by atoms with Gasteiger partial charge in [-0.2, -0.15) is 22.7 Å². The van der Waals surface area contributed by atoms with Gasteiger partial charge in [0.1, 0.15) is 5.69 Å². The van der Waals surface area contributed by atoms with Crippen LogP contribution >= 0.6 is 11.6 Å². The normalized spacial score (nSPS) is 15.8. The van der Waals surface area contributed by atoms with Crippen molar-refractivity contribution in [3.8, 4) is 6.07 Å². The van der Waals surface area contributed by atoms with Crippen molar-refractivity contribution in [2.75, 3.05) is 31.1 Å². The van der Waals surface area contributed by atoms with E-state index in [-0.39, 0.29) is 31.7 Å². The van der Waals surface area contributed by atoms with Crippen molar-refractivity contribution >= 4 is 27.3 Å². The molecule has 0 saturated carbocycles. The number of hydrogen-bond acceptors (Lipinski definition) is 4. The molecule has 2 aromatic rings. The second-order valence-electron chi connectivity index (χ2n) is 6.43. The third kappa shape index (κ3) is 4.21. The highest BCUT2D eigenvalue weighted by molar-refractivity contribution is 7.89. The molecule has 12 heteroatoms. The molecule has 30 heavy (non-hydrogen) atoms. The second-order valence-corrected chi connectivity index (χ2v) is 8.78. The Morgan fingerprint density at radius 1 is 1.00 bits per heavy atom. The Bertz CT molecular complexity index is 1100. The Morgan fingerprint density at radius 2 is 1.57 bits per heavy atom. The smallest absolute Gasteiger partial charge is 0.364 e. The first-order valence-corrected chi connectivity index (χ1v) is 10.3. The number of hydrogen-bond donors (Lipinski definition) is 0. The van der Waals surface area contributed by atoms with Gasteiger partial charge in [0.25, 0.3) is 0 Å². The SMILES string of the molecule is N#Cc1cc(F)c(N2CCN(S(=O)(=O)c3ccc(Cl)c(C(F)(F)F)c3)CC2)c(F)c1. The number of nitrogens with zero attached hydrogens (tertiary/aromatic N) is 3. The Hall–Kier alpha value is -2.42. The van der Waals surface area contributed by atoms with Gasteiger partial charge in [-0.1, -0.05) is 11.6 Å². The highest BCUT2D eigenvalue weighted by Crippen LogP contribution is 2.36. The molecule has 0 aliphatic carbocycles. The van der Waals surface area contributed by atoms with Crippen molar-refractivity contribution in [1.29, 1.82) is 5.26 Å². The van der Waals surface area contributed by atoms with Gasteiger partial charge in [0.15, 0.2) is 11.6 Å². The molecule has 1 aliphatic heterocycles. The van der Waals surface area contributed by atoms with Crippen molar-refractivity contribution in [2.45, 2.75) is 11.1 Å². The molecular formula is C18H13ClF5N3O2S. The molecule has 0 N–H and O–H groups in total. The molecule has 0 aromatic heterocycles. The van der Waals surface area contributed by atoms with E-state index in [1.807, 2.05) is 0 Å². The Balaban J connectivity index is 1.82. The zero-order valence-electron chi connectivity index (χ0n) is 15.0. The molecule has 1 heterocycles. The summed E-state index contributed by atoms with van der Waals surface area (Å²) in [6.45, 7) is -0.603. The van der Waals surface area contributed by atoms with E-state index in [2.05, 4.69) is 0 Å². The third-order valence-corrected chi connectivity index (χ3v) is 6.81. The zero-order chi connectivity index (χ0) is 22.3. The van der Waals surface area contributed by atoms with E-state index in [9.17, 15) is 30.4 Å². The van der Waals surface area contributed by atoms with E-state index >= 15 is 0 Å². The largest absolute Gasteiger partial charge is 0.417 e.